The summed E-state index contributed by atoms with van der Waals surface area (Å²) in [6.45, 7) is 4.00. The summed E-state index contributed by atoms with van der Waals surface area (Å²) in [7, 11) is 0. The fourth-order valence-corrected chi connectivity index (χ4v) is 5.06. The van der Waals surface area contributed by atoms with Gasteiger partial charge in [-0.1, -0.05) is 43.8 Å². The quantitative estimate of drug-likeness (QED) is 0.135. The molecule has 2 amide bonds. The highest BCUT2D eigenvalue weighted by atomic mass is 32.2. The van der Waals surface area contributed by atoms with E-state index >= 15 is 0 Å². The van der Waals surface area contributed by atoms with Crippen molar-refractivity contribution in [1.29, 1.82) is 5.26 Å². The summed E-state index contributed by atoms with van der Waals surface area (Å²) in [6.07, 6.45) is -3.63. The largest absolute Gasteiger partial charge is 0.573 e. The number of amides is 2. The molecular weight excluding hydrogens is 581 g/mol. The molecule has 1 aliphatic rings. The molecule has 0 aliphatic carbocycles. The zero-order valence-corrected chi connectivity index (χ0v) is 23.7. The van der Waals surface area contributed by atoms with Crippen molar-refractivity contribution in [1.82, 2.24) is 0 Å². The van der Waals surface area contributed by atoms with Crippen molar-refractivity contribution in [3.8, 4) is 11.8 Å². The van der Waals surface area contributed by atoms with Crippen molar-refractivity contribution in [2.24, 2.45) is 15.7 Å². The van der Waals surface area contributed by atoms with Gasteiger partial charge < -0.3 is 15.8 Å². The lowest BCUT2D eigenvalue weighted by molar-refractivity contribution is -0.274. The van der Waals surface area contributed by atoms with Crippen LogP contribution in [0.15, 0.2) is 93.4 Å². The zero-order chi connectivity index (χ0) is 31.1. The summed E-state index contributed by atoms with van der Waals surface area (Å²) < 4.78 is 40.7. The number of thioether (sulfide) groups is 1. The zero-order valence-electron chi connectivity index (χ0n) is 22.9. The van der Waals surface area contributed by atoms with Crippen LogP contribution >= 0.6 is 11.8 Å². The number of hydrogen-bond donors (Lipinski definition) is 2. The minimum Gasteiger partial charge on any atom is -0.406 e. The Hall–Kier alpha value is -5.09. The molecule has 0 unspecified atom stereocenters. The number of nitrogens with one attached hydrogen (secondary N) is 1. The summed E-state index contributed by atoms with van der Waals surface area (Å²) >= 11 is 1.14. The number of amidine groups is 1. The second-order valence-corrected chi connectivity index (χ2v) is 10.3. The molecule has 220 valence electrons. The molecule has 1 saturated heterocycles. The summed E-state index contributed by atoms with van der Waals surface area (Å²) in [4.78, 5) is 35.5. The molecule has 1 fully saturated rings. The van der Waals surface area contributed by atoms with Crippen molar-refractivity contribution in [3.63, 3.8) is 0 Å². The summed E-state index contributed by atoms with van der Waals surface area (Å²) in [6, 6.07) is 20.6. The van der Waals surface area contributed by atoms with E-state index < -0.39 is 12.3 Å². The van der Waals surface area contributed by atoms with Crippen LogP contribution < -0.4 is 20.7 Å². The topological polar surface area (TPSA) is 133 Å². The van der Waals surface area contributed by atoms with E-state index in [-0.39, 0.29) is 39.8 Å². The van der Waals surface area contributed by atoms with Crippen molar-refractivity contribution in [3.05, 3.63) is 94.5 Å². The average Bonchev–Trinajstić information content (AvgIpc) is 3.34. The van der Waals surface area contributed by atoms with Gasteiger partial charge in [-0.2, -0.15) is 5.26 Å². The highest BCUT2D eigenvalue weighted by Crippen LogP contribution is 2.39. The van der Waals surface area contributed by atoms with Crippen LogP contribution in [0, 0.1) is 11.3 Å². The van der Waals surface area contributed by atoms with Crippen LogP contribution in [0.25, 0.3) is 0 Å². The lowest BCUT2D eigenvalue weighted by Crippen LogP contribution is -2.28. The molecule has 13 heteroatoms. The number of alkyl halides is 3. The van der Waals surface area contributed by atoms with Gasteiger partial charge in [0.2, 0.25) is 5.91 Å². The normalized spacial score (nSPS) is 15.1. The van der Waals surface area contributed by atoms with E-state index in [1.54, 1.807) is 36.4 Å². The van der Waals surface area contributed by atoms with Crippen LogP contribution in [0.1, 0.15) is 30.9 Å². The van der Waals surface area contributed by atoms with Gasteiger partial charge in [-0.3, -0.25) is 14.5 Å². The molecule has 1 aliphatic heterocycles. The minimum atomic E-state index is -4.78. The van der Waals surface area contributed by atoms with E-state index in [1.165, 1.54) is 17.0 Å². The number of carbonyl (C=O) groups excluding carboxylic acids is 2. The molecule has 9 nitrogen and oxygen atoms in total. The highest BCUT2D eigenvalue weighted by Gasteiger charge is 2.34. The molecule has 0 aromatic heterocycles. The van der Waals surface area contributed by atoms with Gasteiger partial charge in [0.25, 0.3) is 5.91 Å². The standard InChI is InChI=1S/C30H25F3N6O3S/c1-18(2)23-5-3-4-6-25(23)39-26(40)16-43-29(39)24(15-34)28(41)38-21-9-7-19(8-10-21)27(35)37-17-36-20-11-13-22(14-12-20)42-30(31,32)33/h3-14,17-18H,16H2,1-2H3,(H,38,41)(H2,35,36,37). The number of rotatable bonds is 8. The summed E-state index contributed by atoms with van der Waals surface area (Å²) in [5.74, 6) is -0.940. The van der Waals surface area contributed by atoms with Crippen LogP contribution in [-0.4, -0.2) is 36.1 Å². The number of hydrogen-bond acceptors (Lipinski definition) is 6. The van der Waals surface area contributed by atoms with Gasteiger partial charge in [0.05, 0.1) is 17.1 Å². The van der Waals surface area contributed by atoms with Crippen LogP contribution in [0.3, 0.4) is 0 Å². The van der Waals surface area contributed by atoms with Gasteiger partial charge in [0.1, 0.15) is 34.6 Å². The number of aliphatic imine (C=N–C) groups is 2. The van der Waals surface area contributed by atoms with E-state index in [0.29, 0.717) is 22.6 Å². The maximum Gasteiger partial charge on any atom is 0.573 e. The Labute approximate surface area is 249 Å². The molecule has 0 atom stereocenters. The second-order valence-electron chi connectivity index (χ2n) is 9.36. The Morgan fingerprint density at radius 1 is 1.12 bits per heavy atom. The SMILES string of the molecule is CC(C)c1ccccc1N1C(=O)CSC1=C(C#N)C(=O)Nc1ccc(C(N)=NC=Nc2ccc(OC(F)(F)F)cc2)cc1. The first-order valence-corrected chi connectivity index (χ1v) is 13.8. The predicted molar refractivity (Wildman–Crippen MR) is 160 cm³/mol. The third kappa shape index (κ3) is 7.81. The molecule has 0 saturated carbocycles. The summed E-state index contributed by atoms with van der Waals surface area (Å²) in [5, 5.41) is 12.8. The fraction of sp³-hybridized carbons (Fsp3) is 0.167. The van der Waals surface area contributed by atoms with E-state index in [9.17, 15) is 28.0 Å². The predicted octanol–water partition coefficient (Wildman–Crippen LogP) is 6.23. The Morgan fingerprint density at radius 2 is 1.79 bits per heavy atom. The number of nitrogens with zero attached hydrogens (tertiary/aromatic N) is 4. The molecule has 1 heterocycles. The van der Waals surface area contributed by atoms with Gasteiger partial charge >= 0.3 is 6.36 Å². The molecular formula is C30H25F3N6O3S. The first kappa shape index (κ1) is 30.9. The molecule has 4 rings (SSSR count). The molecule has 3 aromatic rings. The van der Waals surface area contributed by atoms with Crippen LogP contribution in [-0.2, 0) is 9.59 Å². The number of para-hydroxylation sites is 1. The number of anilines is 2. The molecule has 0 radical (unpaired) electrons. The third-order valence-electron chi connectivity index (χ3n) is 6.05. The van der Waals surface area contributed by atoms with Crippen LogP contribution in [0.4, 0.5) is 30.2 Å². The minimum absolute atomic E-state index is 0.0961. The monoisotopic (exact) mass is 606 g/mol. The van der Waals surface area contributed by atoms with Gasteiger partial charge in [0.15, 0.2) is 0 Å². The maximum absolute atomic E-state index is 13.1. The molecule has 3 N–H and O–H groups in total. The van der Waals surface area contributed by atoms with Crippen LogP contribution in [0.2, 0.25) is 0 Å². The number of nitriles is 1. The first-order chi connectivity index (χ1) is 20.5. The number of ether oxygens (including phenoxy) is 1. The van der Waals surface area contributed by atoms with E-state index in [4.69, 9.17) is 5.73 Å². The molecule has 43 heavy (non-hydrogen) atoms. The Bertz CT molecular complexity index is 1640. The number of carbonyl (C=O) groups is 2. The van der Waals surface area contributed by atoms with Gasteiger partial charge in [-0.15, -0.1) is 13.2 Å². The molecule has 0 spiro atoms. The Morgan fingerprint density at radius 3 is 2.42 bits per heavy atom. The van der Waals surface area contributed by atoms with Crippen molar-refractivity contribution < 1.29 is 27.5 Å². The van der Waals surface area contributed by atoms with Crippen molar-refractivity contribution in [2.75, 3.05) is 16.0 Å². The number of halogens is 3. The Balaban J connectivity index is 1.46. The number of benzene rings is 3. The Kier molecular flexibility index (Phi) is 9.52. The second kappa shape index (κ2) is 13.3. The highest BCUT2D eigenvalue weighted by molar-refractivity contribution is 8.04. The third-order valence-corrected chi connectivity index (χ3v) is 7.10. The van der Waals surface area contributed by atoms with Crippen LogP contribution in [0.5, 0.6) is 5.75 Å². The molecule has 3 aromatic carbocycles. The smallest absolute Gasteiger partial charge is 0.406 e. The van der Waals surface area contributed by atoms with Crippen molar-refractivity contribution in [2.45, 2.75) is 26.1 Å². The fourth-order valence-electron chi connectivity index (χ4n) is 4.06. The first-order valence-electron chi connectivity index (χ1n) is 12.8. The maximum atomic E-state index is 13.1. The van der Waals surface area contributed by atoms with Gasteiger partial charge in [-0.25, -0.2) is 9.98 Å². The van der Waals surface area contributed by atoms with Gasteiger partial charge in [-0.05, 0) is 66.1 Å². The number of nitrogens with two attached hydrogens (primary N) is 1. The van der Waals surface area contributed by atoms with Crippen molar-refractivity contribution >= 4 is 52.8 Å². The van der Waals surface area contributed by atoms with E-state index in [2.05, 4.69) is 20.0 Å². The average molecular weight is 607 g/mol. The van der Waals surface area contributed by atoms with E-state index in [0.717, 1.165) is 35.8 Å². The summed E-state index contributed by atoms with van der Waals surface area (Å²) in [5.41, 5.74) is 8.60. The van der Waals surface area contributed by atoms with Gasteiger partial charge in [0, 0.05) is 11.3 Å². The lowest BCUT2D eigenvalue weighted by Gasteiger charge is -2.23. The van der Waals surface area contributed by atoms with E-state index in [1.807, 2.05) is 32.0 Å². The lowest BCUT2D eigenvalue weighted by atomic mass is 10.0. The molecule has 0 bridgehead atoms.